The van der Waals surface area contributed by atoms with Gasteiger partial charge in [0.25, 0.3) is 5.56 Å². The largest absolute Gasteiger partial charge is 0.494 e. The van der Waals surface area contributed by atoms with E-state index < -0.39 is 29.6 Å². The van der Waals surface area contributed by atoms with Crippen LogP contribution in [0.1, 0.15) is 27.0 Å². The van der Waals surface area contributed by atoms with Gasteiger partial charge in [0.2, 0.25) is 11.7 Å². The second-order valence-corrected chi connectivity index (χ2v) is 7.46. The van der Waals surface area contributed by atoms with Gasteiger partial charge in [-0.05, 0) is 48.4 Å². The van der Waals surface area contributed by atoms with Crippen molar-refractivity contribution in [3.8, 4) is 17.7 Å². The Morgan fingerprint density at radius 2 is 1.90 bits per heavy atom. The van der Waals surface area contributed by atoms with Crippen LogP contribution >= 0.6 is 23.2 Å². The van der Waals surface area contributed by atoms with Crippen LogP contribution in [-0.2, 0) is 6.54 Å². The van der Waals surface area contributed by atoms with Crippen molar-refractivity contribution in [3.05, 3.63) is 90.9 Å². The van der Waals surface area contributed by atoms with Gasteiger partial charge in [-0.3, -0.25) is 14.2 Å². The second-order valence-electron chi connectivity index (χ2n) is 6.61. The average molecular weight is 461 g/mol. The standard InChI is InChI=1S/C22H15Cl2FN2O4/c1-12-16(9-26)21(29)27(10-13-2-5-15(25)6-3-13)22(30)20(12)18(28)11-31-19-7-4-14(23)8-17(19)24/h2-8,30H,10-11H2,1H3. The number of ketones is 1. The second kappa shape index (κ2) is 9.21. The highest BCUT2D eigenvalue weighted by Crippen LogP contribution is 2.28. The zero-order valence-electron chi connectivity index (χ0n) is 16.2. The van der Waals surface area contributed by atoms with Gasteiger partial charge in [-0.15, -0.1) is 0 Å². The quantitative estimate of drug-likeness (QED) is 0.547. The number of hydrogen-bond donors (Lipinski definition) is 1. The smallest absolute Gasteiger partial charge is 0.271 e. The van der Waals surface area contributed by atoms with Crippen LogP contribution in [0.3, 0.4) is 0 Å². The molecule has 3 aromatic rings. The Bertz CT molecular complexity index is 1260. The van der Waals surface area contributed by atoms with Crippen LogP contribution in [0.4, 0.5) is 4.39 Å². The van der Waals surface area contributed by atoms with Gasteiger partial charge in [0.1, 0.15) is 23.2 Å². The summed E-state index contributed by atoms with van der Waals surface area (Å²) in [6.45, 7) is 0.726. The van der Waals surface area contributed by atoms with Gasteiger partial charge < -0.3 is 9.84 Å². The fraction of sp³-hybridized carbons (Fsp3) is 0.136. The Morgan fingerprint density at radius 1 is 1.23 bits per heavy atom. The lowest BCUT2D eigenvalue weighted by molar-refractivity contribution is 0.0916. The Labute approximate surface area is 186 Å². The minimum Gasteiger partial charge on any atom is -0.494 e. The molecule has 0 spiro atoms. The van der Waals surface area contributed by atoms with Crippen LogP contribution in [0.2, 0.25) is 10.0 Å². The van der Waals surface area contributed by atoms with Gasteiger partial charge in [0, 0.05) is 5.02 Å². The van der Waals surface area contributed by atoms with E-state index in [-0.39, 0.29) is 34.0 Å². The third-order valence-electron chi connectivity index (χ3n) is 4.59. The van der Waals surface area contributed by atoms with Crippen molar-refractivity contribution in [1.29, 1.82) is 5.26 Å². The molecule has 0 saturated heterocycles. The Morgan fingerprint density at radius 3 is 2.52 bits per heavy atom. The number of nitrogens with zero attached hydrogens (tertiary/aromatic N) is 2. The summed E-state index contributed by atoms with van der Waals surface area (Å²) in [6.07, 6.45) is 0. The minimum atomic E-state index is -0.764. The van der Waals surface area contributed by atoms with Gasteiger partial charge in [0.15, 0.2) is 6.61 Å². The van der Waals surface area contributed by atoms with Crippen LogP contribution in [0.15, 0.2) is 47.3 Å². The van der Waals surface area contributed by atoms with Crippen molar-refractivity contribution < 1.29 is 19.0 Å². The molecule has 2 aromatic carbocycles. The number of halogens is 3. The summed E-state index contributed by atoms with van der Waals surface area (Å²) in [5, 5.41) is 20.7. The number of pyridine rings is 1. The van der Waals surface area contributed by atoms with E-state index in [0.29, 0.717) is 10.6 Å². The van der Waals surface area contributed by atoms with E-state index >= 15 is 0 Å². The number of nitriles is 1. The maximum atomic E-state index is 13.2. The highest BCUT2D eigenvalue weighted by atomic mass is 35.5. The van der Waals surface area contributed by atoms with Gasteiger partial charge >= 0.3 is 0 Å². The molecule has 0 aliphatic carbocycles. The molecule has 31 heavy (non-hydrogen) atoms. The summed E-state index contributed by atoms with van der Waals surface area (Å²) in [4.78, 5) is 25.5. The molecule has 0 bridgehead atoms. The zero-order valence-corrected chi connectivity index (χ0v) is 17.7. The number of aromatic nitrogens is 1. The van der Waals surface area contributed by atoms with Crippen molar-refractivity contribution in [1.82, 2.24) is 4.57 Å². The van der Waals surface area contributed by atoms with Gasteiger partial charge in [-0.25, -0.2) is 4.39 Å². The summed E-state index contributed by atoms with van der Waals surface area (Å²) >= 11 is 11.9. The molecule has 158 valence electrons. The van der Waals surface area contributed by atoms with Crippen molar-refractivity contribution >= 4 is 29.0 Å². The molecule has 0 atom stereocenters. The summed E-state index contributed by atoms with van der Waals surface area (Å²) < 4.78 is 19.5. The first-order chi connectivity index (χ1) is 14.7. The molecule has 0 aliphatic rings. The first-order valence-electron chi connectivity index (χ1n) is 8.95. The molecule has 0 radical (unpaired) electrons. The summed E-state index contributed by atoms with van der Waals surface area (Å²) in [5.41, 5.74) is -0.735. The maximum Gasteiger partial charge on any atom is 0.271 e. The molecule has 3 rings (SSSR count). The van der Waals surface area contributed by atoms with E-state index in [1.54, 1.807) is 6.07 Å². The van der Waals surface area contributed by atoms with E-state index in [1.165, 1.54) is 49.4 Å². The number of benzene rings is 2. The number of carbonyl (C=O) groups is 1. The van der Waals surface area contributed by atoms with E-state index in [1.807, 2.05) is 0 Å². The molecule has 0 amide bonds. The van der Waals surface area contributed by atoms with Crippen LogP contribution < -0.4 is 10.3 Å². The van der Waals surface area contributed by atoms with E-state index in [9.17, 15) is 24.3 Å². The minimum absolute atomic E-state index is 0.0381. The Balaban J connectivity index is 1.98. The van der Waals surface area contributed by atoms with E-state index in [0.717, 1.165) is 4.57 Å². The van der Waals surface area contributed by atoms with Crippen LogP contribution in [0, 0.1) is 24.1 Å². The Kier molecular flexibility index (Phi) is 6.64. The normalized spacial score (nSPS) is 10.5. The number of rotatable bonds is 6. The molecule has 9 heteroatoms. The summed E-state index contributed by atoms with van der Waals surface area (Å²) in [7, 11) is 0. The topological polar surface area (TPSA) is 92.3 Å². The maximum absolute atomic E-state index is 13.2. The average Bonchev–Trinajstić information content (AvgIpc) is 2.72. The van der Waals surface area contributed by atoms with Crippen molar-refractivity contribution in [2.75, 3.05) is 6.61 Å². The van der Waals surface area contributed by atoms with E-state index in [2.05, 4.69) is 0 Å². The first kappa shape index (κ1) is 22.3. The van der Waals surface area contributed by atoms with Crippen molar-refractivity contribution in [2.45, 2.75) is 13.5 Å². The highest BCUT2D eigenvalue weighted by Gasteiger charge is 2.24. The number of aromatic hydroxyl groups is 1. The molecule has 6 nitrogen and oxygen atoms in total. The molecule has 1 N–H and O–H groups in total. The van der Waals surface area contributed by atoms with E-state index in [4.69, 9.17) is 27.9 Å². The number of Topliss-reactive ketones (excluding diaryl/α,β-unsaturated/α-hetero) is 1. The monoisotopic (exact) mass is 460 g/mol. The third-order valence-corrected chi connectivity index (χ3v) is 5.12. The molecule has 0 aliphatic heterocycles. The van der Waals surface area contributed by atoms with Crippen molar-refractivity contribution in [2.24, 2.45) is 0 Å². The summed E-state index contributed by atoms with van der Waals surface area (Å²) in [6, 6.07) is 11.5. The predicted molar refractivity (Wildman–Crippen MR) is 114 cm³/mol. The lowest BCUT2D eigenvalue weighted by Gasteiger charge is -2.16. The molecule has 1 aromatic heterocycles. The SMILES string of the molecule is Cc1c(C(=O)COc2ccc(Cl)cc2Cl)c(O)n(Cc2ccc(F)cc2)c(=O)c1C#N. The molecular formula is C22H15Cl2FN2O4. The lowest BCUT2D eigenvalue weighted by atomic mass is 10.0. The molecule has 0 unspecified atom stereocenters. The molecule has 0 saturated carbocycles. The number of hydrogen-bond acceptors (Lipinski definition) is 5. The highest BCUT2D eigenvalue weighted by molar-refractivity contribution is 6.35. The molecule has 1 heterocycles. The fourth-order valence-corrected chi connectivity index (χ4v) is 3.47. The molecular weight excluding hydrogens is 446 g/mol. The van der Waals surface area contributed by atoms with Gasteiger partial charge in [0.05, 0.1) is 17.1 Å². The van der Waals surface area contributed by atoms with Gasteiger partial charge in [-0.1, -0.05) is 35.3 Å². The predicted octanol–water partition coefficient (Wildman–Crippen LogP) is 4.49. The first-order valence-corrected chi connectivity index (χ1v) is 9.70. The van der Waals surface area contributed by atoms with Crippen LogP contribution in [0.25, 0.3) is 0 Å². The fourth-order valence-electron chi connectivity index (χ4n) is 3.01. The summed E-state index contributed by atoms with van der Waals surface area (Å²) in [5.74, 6) is -1.53. The van der Waals surface area contributed by atoms with Gasteiger partial charge in [-0.2, -0.15) is 5.26 Å². The van der Waals surface area contributed by atoms with Crippen LogP contribution in [0.5, 0.6) is 11.6 Å². The lowest BCUT2D eigenvalue weighted by Crippen LogP contribution is -2.28. The van der Waals surface area contributed by atoms with Crippen molar-refractivity contribution in [3.63, 3.8) is 0 Å². The zero-order chi connectivity index (χ0) is 22.7. The van der Waals surface area contributed by atoms with Crippen LogP contribution in [-0.4, -0.2) is 22.1 Å². The Hall–Kier alpha value is -3.34. The third kappa shape index (κ3) is 4.71. The number of ether oxygens (including phenoxy) is 1. The number of carbonyl (C=O) groups excluding carboxylic acids is 1. The molecule has 0 fully saturated rings.